The molecule has 0 N–H and O–H groups in total. The van der Waals surface area contributed by atoms with E-state index in [9.17, 15) is 0 Å². The molecule has 0 saturated heterocycles. The van der Waals surface area contributed by atoms with Crippen LogP contribution < -0.4 is 41.5 Å². The van der Waals surface area contributed by atoms with E-state index < -0.39 is 16.1 Å². The van der Waals surface area contributed by atoms with Gasteiger partial charge in [-0.25, -0.2) is 9.97 Å². The molecule has 0 aliphatic heterocycles. The third-order valence-corrected chi connectivity index (χ3v) is 22.4. The van der Waals surface area contributed by atoms with Crippen molar-refractivity contribution in [3.63, 3.8) is 0 Å². The lowest BCUT2D eigenvalue weighted by Crippen LogP contribution is -2.74. The number of benzene rings is 9. The van der Waals surface area contributed by atoms with Gasteiger partial charge in [0.2, 0.25) is 0 Å². The van der Waals surface area contributed by atoms with Gasteiger partial charge in [-0.15, -0.1) is 0 Å². The highest BCUT2D eigenvalue weighted by Gasteiger charge is 2.43. The number of rotatable bonds is 11. The van der Waals surface area contributed by atoms with E-state index in [1.807, 2.05) is 0 Å². The van der Waals surface area contributed by atoms with Crippen LogP contribution in [0.4, 0.5) is 0 Å². The van der Waals surface area contributed by atoms with Crippen LogP contribution in [0, 0.1) is 13.8 Å². The molecule has 0 amide bonds. The number of nitrogens with zero attached hydrogens (tertiary/aromatic N) is 2. The summed E-state index contributed by atoms with van der Waals surface area (Å²) in [5, 5.41) is 10.6. The first-order valence-electron chi connectivity index (χ1n) is 22.1. The van der Waals surface area contributed by atoms with Crippen molar-refractivity contribution in [2.45, 2.75) is 13.8 Å². The molecule has 0 bridgehead atoms. The average molecular weight is 853 g/mol. The van der Waals surface area contributed by atoms with Crippen molar-refractivity contribution >= 4 is 57.6 Å². The van der Waals surface area contributed by atoms with Crippen molar-refractivity contribution < 1.29 is 0 Å². The number of aromatic nitrogens is 2. The Labute approximate surface area is 379 Å². The molecule has 0 radical (unpaired) electrons. The Bertz CT molecular complexity index is 2760. The standard InChI is InChI=1S/C60H48N2Si2/c1-45-24-21-25-46(2)59(45)60-61-57(47-26-22-40-55(42-47)63(49-28-9-3-10-29-49,50-30-11-4-12-31-50)51-32-13-5-14-33-51)44-58(62-60)48-27-23-41-56(43-48)64(52-34-15-6-16-35-52,53-36-17-7-18-37-53)54-38-19-8-20-39-54/h3-44H,1-2H3. The topological polar surface area (TPSA) is 25.8 Å². The molecule has 4 heteroatoms. The van der Waals surface area contributed by atoms with Crippen molar-refractivity contribution in [3.05, 3.63) is 266 Å². The molecule has 64 heavy (non-hydrogen) atoms. The van der Waals surface area contributed by atoms with Crippen LogP contribution in [0.5, 0.6) is 0 Å². The average Bonchev–Trinajstić information content (AvgIpc) is 3.37. The largest absolute Gasteiger partial charge is 0.228 e. The van der Waals surface area contributed by atoms with Gasteiger partial charge in [0.05, 0.1) is 11.4 Å². The van der Waals surface area contributed by atoms with E-state index in [0.717, 1.165) is 45.0 Å². The molecule has 0 saturated carbocycles. The van der Waals surface area contributed by atoms with Gasteiger partial charge in [0, 0.05) is 16.7 Å². The lowest BCUT2D eigenvalue weighted by molar-refractivity contribution is 1.16. The summed E-state index contributed by atoms with van der Waals surface area (Å²) in [6.07, 6.45) is 0. The lowest BCUT2D eigenvalue weighted by atomic mass is 10.0. The zero-order chi connectivity index (χ0) is 43.4. The van der Waals surface area contributed by atoms with Crippen LogP contribution in [0.25, 0.3) is 33.9 Å². The van der Waals surface area contributed by atoms with Crippen LogP contribution in [0.15, 0.2) is 255 Å². The second-order valence-electron chi connectivity index (χ2n) is 16.6. The van der Waals surface area contributed by atoms with Crippen LogP contribution in [0.1, 0.15) is 11.1 Å². The maximum absolute atomic E-state index is 5.49. The number of hydrogen-bond donors (Lipinski definition) is 0. The SMILES string of the molecule is Cc1cccc(C)c1-c1nc(-c2cccc([Si](c3ccccc3)(c3ccccc3)c3ccccc3)c2)cc(-c2cccc([Si](c3ccccc3)(c3ccccc3)c3ccccc3)c2)n1. The number of hydrogen-bond acceptors (Lipinski definition) is 2. The van der Waals surface area contributed by atoms with E-state index in [1.54, 1.807) is 0 Å². The molecule has 10 rings (SSSR count). The van der Waals surface area contributed by atoms with Gasteiger partial charge in [0.1, 0.15) is 0 Å². The van der Waals surface area contributed by atoms with E-state index in [-0.39, 0.29) is 0 Å². The third kappa shape index (κ3) is 7.27. The molecular weight excluding hydrogens is 805 g/mol. The van der Waals surface area contributed by atoms with Crippen LogP contribution in [0.2, 0.25) is 0 Å². The Morgan fingerprint density at radius 3 is 0.828 bits per heavy atom. The highest BCUT2D eigenvalue weighted by Crippen LogP contribution is 2.31. The summed E-state index contributed by atoms with van der Waals surface area (Å²) >= 11 is 0. The minimum absolute atomic E-state index is 0.731. The molecule has 0 unspecified atom stereocenters. The summed E-state index contributed by atoms with van der Waals surface area (Å²) in [4.78, 5) is 11.0. The van der Waals surface area contributed by atoms with Gasteiger partial charge in [-0.2, -0.15) is 0 Å². The Morgan fingerprint density at radius 2 is 0.531 bits per heavy atom. The Balaban J connectivity index is 1.22. The molecule has 2 nitrogen and oxygen atoms in total. The first kappa shape index (κ1) is 40.6. The van der Waals surface area contributed by atoms with E-state index >= 15 is 0 Å². The minimum atomic E-state index is -2.80. The monoisotopic (exact) mass is 852 g/mol. The molecule has 1 heterocycles. The first-order chi connectivity index (χ1) is 31.6. The quantitative estimate of drug-likeness (QED) is 0.0961. The zero-order valence-electron chi connectivity index (χ0n) is 36.1. The molecule has 0 aliphatic rings. The molecule has 0 aliphatic carbocycles. The second kappa shape index (κ2) is 17.7. The van der Waals surface area contributed by atoms with Gasteiger partial charge in [-0.05, 0) is 72.5 Å². The first-order valence-corrected chi connectivity index (χ1v) is 26.1. The predicted molar refractivity (Wildman–Crippen MR) is 275 cm³/mol. The third-order valence-electron chi connectivity index (χ3n) is 12.9. The molecule has 306 valence electrons. The van der Waals surface area contributed by atoms with Crippen LogP contribution in [-0.2, 0) is 0 Å². The van der Waals surface area contributed by atoms with Gasteiger partial charge in [0.25, 0.3) is 0 Å². The van der Waals surface area contributed by atoms with Crippen molar-refractivity contribution in [1.82, 2.24) is 9.97 Å². The molecule has 0 spiro atoms. The van der Waals surface area contributed by atoms with E-state index in [0.29, 0.717) is 0 Å². The molecule has 10 aromatic rings. The summed E-state index contributed by atoms with van der Waals surface area (Å²) < 4.78 is 0. The Kier molecular flexibility index (Phi) is 11.2. The molecule has 9 aromatic carbocycles. The number of aryl methyl sites for hydroxylation is 2. The highest BCUT2D eigenvalue weighted by atomic mass is 28.3. The van der Waals surface area contributed by atoms with Gasteiger partial charge >= 0.3 is 0 Å². The summed E-state index contributed by atoms with van der Waals surface area (Å²) in [6, 6.07) is 93.7. The molecular formula is C60H48N2Si2. The molecule has 0 atom stereocenters. The Morgan fingerprint density at radius 1 is 0.266 bits per heavy atom. The van der Waals surface area contributed by atoms with Crippen molar-refractivity contribution in [3.8, 4) is 33.9 Å². The van der Waals surface area contributed by atoms with E-state index in [2.05, 4.69) is 269 Å². The van der Waals surface area contributed by atoms with Gasteiger partial charge < -0.3 is 0 Å². The van der Waals surface area contributed by atoms with Crippen LogP contribution in [0.3, 0.4) is 0 Å². The normalized spacial score (nSPS) is 11.6. The summed E-state index contributed by atoms with van der Waals surface area (Å²) in [5.41, 5.74) is 7.28. The fourth-order valence-corrected chi connectivity index (χ4v) is 19.6. The van der Waals surface area contributed by atoms with Gasteiger partial charge in [-0.1, -0.05) is 249 Å². The van der Waals surface area contributed by atoms with Gasteiger partial charge in [0.15, 0.2) is 22.0 Å². The van der Waals surface area contributed by atoms with Gasteiger partial charge in [-0.3, -0.25) is 0 Å². The summed E-state index contributed by atoms with van der Waals surface area (Å²) in [5.74, 6) is 0.731. The maximum atomic E-state index is 5.49. The minimum Gasteiger partial charge on any atom is -0.228 e. The smallest absolute Gasteiger partial charge is 0.179 e. The van der Waals surface area contributed by atoms with Crippen LogP contribution >= 0.6 is 0 Å². The van der Waals surface area contributed by atoms with E-state index in [1.165, 1.54) is 41.5 Å². The van der Waals surface area contributed by atoms with Crippen LogP contribution in [-0.4, -0.2) is 26.1 Å². The van der Waals surface area contributed by atoms with Crippen molar-refractivity contribution in [2.24, 2.45) is 0 Å². The predicted octanol–water partition coefficient (Wildman–Crippen LogP) is 8.85. The summed E-state index contributed by atoms with van der Waals surface area (Å²) in [7, 11) is -5.60. The zero-order valence-corrected chi connectivity index (χ0v) is 38.1. The van der Waals surface area contributed by atoms with E-state index in [4.69, 9.17) is 9.97 Å². The molecule has 0 fully saturated rings. The Hall–Kier alpha value is -7.51. The lowest BCUT2D eigenvalue weighted by Gasteiger charge is -2.34. The fraction of sp³-hybridized carbons (Fsp3) is 0.0333. The van der Waals surface area contributed by atoms with Crippen molar-refractivity contribution in [2.75, 3.05) is 0 Å². The maximum Gasteiger partial charge on any atom is 0.179 e. The fourth-order valence-electron chi connectivity index (χ4n) is 9.97. The highest BCUT2D eigenvalue weighted by molar-refractivity contribution is 7.20. The second-order valence-corrected chi connectivity index (χ2v) is 24.2. The summed E-state index contributed by atoms with van der Waals surface area (Å²) in [6.45, 7) is 4.33. The molecule has 1 aromatic heterocycles. The van der Waals surface area contributed by atoms with Crippen molar-refractivity contribution in [1.29, 1.82) is 0 Å².